The number of piperidine rings is 1. The summed E-state index contributed by atoms with van der Waals surface area (Å²) >= 11 is 0. The standard InChI is InChI=1S/C23H30N4O3/c1-16(28)25-17-4-9-21(20(14-17)24-2)26-12-3-10-23(15-26)11-13-27(22(23)30)18-5-7-19(29)8-6-18/h4,9,14,18-19,29H,3,5-8,10-13,15H2,1H3,(H,25,28)/t18-,19-,23-/m0/s1. The van der Waals surface area contributed by atoms with Crippen LogP contribution in [0.4, 0.5) is 17.1 Å². The fourth-order valence-electron chi connectivity index (χ4n) is 5.44. The topological polar surface area (TPSA) is 77.2 Å². The number of aliphatic hydroxyl groups excluding tert-OH is 1. The Labute approximate surface area is 177 Å². The number of aliphatic hydroxyl groups is 1. The monoisotopic (exact) mass is 410 g/mol. The van der Waals surface area contributed by atoms with Crippen LogP contribution in [-0.2, 0) is 9.59 Å². The zero-order chi connectivity index (χ0) is 21.3. The molecule has 3 aliphatic rings. The van der Waals surface area contributed by atoms with Crippen LogP contribution in [-0.4, -0.2) is 53.6 Å². The van der Waals surface area contributed by atoms with Crippen molar-refractivity contribution in [3.05, 3.63) is 29.6 Å². The van der Waals surface area contributed by atoms with E-state index in [1.807, 2.05) is 12.1 Å². The van der Waals surface area contributed by atoms with Gasteiger partial charge < -0.3 is 20.2 Å². The average molecular weight is 411 g/mol. The summed E-state index contributed by atoms with van der Waals surface area (Å²) in [5, 5.41) is 12.5. The van der Waals surface area contributed by atoms with Crippen molar-refractivity contribution in [2.75, 3.05) is 29.9 Å². The Bertz CT molecular complexity index is 872. The van der Waals surface area contributed by atoms with Crippen molar-refractivity contribution >= 4 is 28.9 Å². The van der Waals surface area contributed by atoms with Gasteiger partial charge in [-0.1, -0.05) is 0 Å². The molecule has 1 atom stereocenters. The SMILES string of the molecule is [C-]#[N+]c1cc(NC(C)=O)ccc1N1CCC[C@]2(CCN([C@H]3CC[C@H](O)CC3)C2=O)C1. The molecule has 2 N–H and O–H groups in total. The van der Waals surface area contributed by atoms with Gasteiger partial charge in [-0.3, -0.25) is 9.59 Å². The van der Waals surface area contributed by atoms with Crippen LogP contribution in [0.15, 0.2) is 18.2 Å². The Hall–Kier alpha value is -2.59. The van der Waals surface area contributed by atoms with E-state index in [4.69, 9.17) is 6.57 Å². The van der Waals surface area contributed by atoms with Crippen LogP contribution >= 0.6 is 0 Å². The Kier molecular flexibility index (Phi) is 5.70. The Morgan fingerprint density at radius 1 is 1.23 bits per heavy atom. The minimum absolute atomic E-state index is 0.164. The van der Waals surface area contributed by atoms with E-state index in [0.29, 0.717) is 17.9 Å². The highest BCUT2D eigenvalue weighted by atomic mass is 16.3. The van der Waals surface area contributed by atoms with Gasteiger partial charge in [0.15, 0.2) is 0 Å². The molecule has 7 heteroatoms. The summed E-state index contributed by atoms with van der Waals surface area (Å²) in [6.07, 6.45) is 5.80. The van der Waals surface area contributed by atoms with E-state index in [9.17, 15) is 14.7 Å². The first-order chi connectivity index (χ1) is 14.4. The molecule has 2 heterocycles. The molecule has 0 radical (unpaired) electrons. The Morgan fingerprint density at radius 2 is 2.00 bits per heavy atom. The fraction of sp³-hybridized carbons (Fsp3) is 0.609. The molecule has 4 rings (SSSR count). The molecule has 2 saturated heterocycles. The summed E-state index contributed by atoms with van der Waals surface area (Å²) in [7, 11) is 0. The maximum atomic E-state index is 13.5. The van der Waals surface area contributed by atoms with Gasteiger partial charge in [-0.05, 0) is 63.1 Å². The summed E-state index contributed by atoms with van der Waals surface area (Å²) in [5.41, 5.74) is 1.59. The first kappa shape index (κ1) is 20.7. The van der Waals surface area contributed by atoms with Crippen molar-refractivity contribution in [2.45, 2.75) is 64.0 Å². The van der Waals surface area contributed by atoms with Gasteiger partial charge in [0, 0.05) is 44.0 Å². The highest BCUT2D eigenvalue weighted by molar-refractivity contribution is 5.91. The van der Waals surface area contributed by atoms with Crippen molar-refractivity contribution < 1.29 is 14.7 Å². The lowest BCUT2D eigenvalue weighted by atomic mass is 9.78. The zero-order valence-corrected chi connectivity index (χ0v) is 17.6. The van der Waals surface area contributed by atoms with E-state index < -0.39 is 0 Å². The first-order valence-electron chi connectivity index (χ1n) is 10.9. The zero-order valence-electron chi connectivity index (χ0n) is 17.6. The van der Waals surface area contributed by atoms with Crippen LogP contribution in [0.5, 0.6) is 0 Å². The lowest BCUT2D eigenvalue weighted by Crippen LogP contribution is -2.50. The van der Waals surface area contributed by atoms with Gasteiger partial charge in [0.25, 0.3) is 0 Å². The third-order valence-electron chi connectivity index (χ3n) is 6.99. The highest BCUT2D eigenvalue weighted by Gasteiger charge is 2.50. The Balaban J connectivity index is 1.52. The number of carbonyl (C=O) groups excluding carboxylic acids is 2. The lowest BCUT2D eigenvalue weighted by Gasteiger charge is -2.42. The smallest absolute Gasteiger partial charge is 0.230 e. The van der Waals surface area contributed by atoms with Crippen molar-refractivity contribution in [3.8, 4) is 0 Å². The van der Waals surface area contributed by atoms with E-state index in [0.717, 1.165) is 63.7 Å². The number of rotatable bonds is 3. The third-order valence-corrected chi connectivity index (χ3v) is 6.99. The van der Waals surface area contributed by atoms with Crippen LogP contribution in [0, 0.1) is 12.0 Å². The molecule has 1 aromatic rings. The van der Waals surface area contributed by atoms with Crippen molar-refractivity contribution in [1.82, 2.24) is 4.90 Å². The van der Waals surface area contributed by atoms with Gasteiger partial charge in [-0.2, -0.15) is 0 Å². The highest BCUT2D eigenvalue weighted by Crippen LogP contribution is 2.45. The fourth-order valence-corrected chi connectivity index (χ4v) is 5.44. The number of likely N-dealkylation sites (tertiary alicyclic amines) is 1. The summed E-state index contributed by atoms with van der Waals surface area (Å²) in [6, 6.07) is 5.67. The molecule has 2 aliphatic heterocycles. The van der Waals surface area contributed by atoms with Gasteiger partial charge in [0.2, 0.25) is 17.5 Å². The number of carbonyl (C=O) groups is 2. The molecule has 30 heavy (non-hydrogen) atoms. The number of amides is 2. The molecule has 7 nitrogen and oxygen atoms in total. The first-order valence-corrected chi connectivity index (χ1v) is 10.9. The lowest BCUT2D eigenvalue weighted by molar-refractivity contribution is -0.139. The molecule has 1 spiro atoms. The van der Waals surface area contributed by atoms with Gasteiger partial charge in [0.1, 0.15) is 0 Å². The maximum Gasteiger partial charge on any atom is 0.230 e. The van der Waals surface area contributed by atoms with Gasteiger partial charge in [-0.25, -0.2) is 4.85 Å². The average Bonchev–Trinajstić information content (AvgIpc) is 3.03. The molecule has 1 saturated carbocycles. The largest absolute Gasteiger partial charge is 0.393 e. The van der Waals surface area contributed by atoms with E-state index in [1.165, 1.54) is 6.92 Å². The summed E-state index contributed by atoms with van der Waals surface area (Å²) in [4.78, 5) is 32.8. The van der Waals surface area contributed by atoms with Crippen LogP contribution < -0.4 is 10.2 Å². The molecule has 0 aromatic heterocycles. The third kappa shape index (κ3) is 3.89. The molecule has 1 aromatic carbocycles. The number of nitrogens with one attached hydrogen (secondary N) is 1. The second-order valence-corrected chi connectivity index (χ2v) is 9.01. The van der Waals surface area contributed by atoms with Crippen molar-refractivity contribution in [1.29, 1.82) is 0 Å². The molecular weight excluding hydrogens is 380 g/mol. The predicted molar refractivity (Wildman–Crippen MR) is 115 cm³/mol. The molecular formula is C23H30N4O3. The summed E-state index contributed by atoms with van der Waals surface area (Å²) in [6.45, 7) is 11.3. The van der Waals surface area contributed by atoms with Gasteiger partial charge in [-0.15, -0.1) is 0 Å². The molecule has 160 valence electrons. The molecule has 0 bridgehead atoms. The predicted octanol–water partition coefficient (Wildman–Crippen LogP) is 3.32. The minimum Gasteiger partial charge on any atom is -0.393 e. The number of hydrogen-bond donors (Lipinski definition) is 2. The van der Waals surface area contributed by atoms with Gasteiger partial charge >= 0.3 is 0 Å². The normalized spacial score (nSPS) is 29.2. The van der Waals surface area contributed by atoms with Crippen LogP contribution in [0.3, 0.4) is 0 Å². The summed E-state index contributed by atoms with van der Waals surface area (Å²) in [5.74, 6) is 0.0929. The number of hydrogen-bond acceptors (Lipinski definition) is 4. The quantitative estimate of drug-likeness (QED) is 0.750. The molecule has 1 aliphatic carbocycles. The van der Waals surface area contributed by atoms with Crippen LogP contribution in [0.1, 0.15) is 51.9 Å². The minimum atomic E-state index is -0.371. The second kappa shape index (κ2) is 8.27. The van der Waals surface area contributed by atoms with Crippen LogP contribution in [0.25, 0.3) is 4.85 Å². The number of anilines is 2. The van der Waals surface area contributed by atoms with Crippen molar-refractivity contribution in [2.24, 2.45) is 5.41 Å². The molecule has 2 amide bonds. The Morgan fingerprint density at radius 3 is 2.70 bits per heavy atom. The van der Waals surface area contributed by atoms with E-state index in [-0.39, 0.29) is 29.4 Å². The van der Waals surface area contributed by atoms with Crippen LogP contribution in [0.2, 0.25) is 0 Å². The van der Waals surface area contributed by atoms with Crippen molar-refractivity contribution in [3.63, 3.8) is 0 Å². The maximum absolute atomic E-state index is 13.5. The van der Waals surface area contributed by atoms with Gasteiger partial charge in [0.05, 0.1) is 18.1 Å². The second-order valence-electron chi connectivity index (χ2n) is 9.01. The van der Waals surface area contributed by atoms with E-state index >= 15 is 0 Å². The van der Waals surface area contributed by atoms with E-state index in [2.05, 4.69) is 20.0 Å². The molecule has 0 unspecified atom stereocenters. The number of nitrogens with zero attached hydrogens (tertiary/aromatic N) is 3. The van der Waals surface area contributed by atoms with E-state index in [1.54, 1.807) is 6.07 Å². The summed E-state index contributed by atoms with van der Waals surface area (Å²) < 4.78 is 0. The molecule has 3 fully saturated rings. The number of benzene rings is 1.